The zero-order valence-corrected chi connectivity index (χ0v) is 19.6. The first-order valence-corrected chi connectivity index (χ1v) is 11.5. The molecule has 0 radical (unpaired) electrons. The smallest absolute Gasteiger partial charge is 0.256 e. The minimum atomic E-state index is -0.227. The van der Waals surface area contributed by atoms with Crippen LogP contribution in [0.25, 0.3) is 22.0 Å². The third-order valence-corrected chi connectivity index (χ3v) is 6.23. The predicted octanol–water partition coefficient (Wildman–Crippen LogP) is 3.21. The summed E-state index contributed by atoms with van der Waals surface area (Å²) in [5.41, 5.74) is 3.35. The van der Waals surface area contributed by atoms with Gasteiger partial charge in [-0.2, -0.15) is 5.10 Å². The van der Waals surface area contributed by atoms with Crippen molar-refractivity contribution in [2.24, 2.45) is 7.05 Å². The van der Waals surface area contributed by atoms with Gasteiger partial charge in [0.25, 0.3) is 5.91 Å². The molecule has 9 heteroatoms. The van der Waals surface area contributed by atoms with Crippen LogP contribution in [0.4, 0.5) is 11.6 Å². The Morgan fingerprint density at radius 2 is 1.82 bits per heavy atom. The molecule has 1 amide bonds. The molecule has 1 saturated heterocycles. The Kier molecular flexibility index (Phi) is 5.93. The maximum atomic E-state index is 12.6. The monoisotopic (exact) mass is 456 g/mol. The molecule has 4 aromatic heterocycles. The van der Waals surface area contributed by atoms with Gasteiger partial charge in [0.05, 0.1) is 17.9 Å². The molecule has 0 unspecified atom stereocenters. The number of amides is 1. The lowest BCUT2D eigenvalue weighted by atomic mass is 10.1. The summed E-state index contributed by atoms with van der Waals surface area (Å²) >= 11 is 0. The zero-order chi connectivity index (χ0) is 23.7. The Hall–Kier alpha value is -3.85. The quantitative estimate of drug-likeness (QED) is 0.493. The molecule has 0 spiro atoms. The van der Waals surface area contributed by atoms with E-state index < -0.39 is 0 Å². The van der Waals surface area contributed by atoms with Gasteiger partial charge in [-0.3, -0.25) is 19.4 Å². The molecule has 0 aliphatic carbocycles. The molecule has 34 heavy (non-hydrogen) atoms. The summed E-state index contributed by atoms with van der Waals surface area (Å²) in [6.07, 6.45) is 8.77. The number of hydrogen-bond donors (Lipinski definition) is 1. The van der Waals surface area contributed by atoms with Crippen molar-refractivity contribution in [1.82, 2.24) is 29.6 Å². The van der Waals surface area contributed by atoms with Gasteiger partial charge in [-0.25, -0.2) is 9.97 Å². The van der Waals surface area contributed by atoms with Gasteiger partial charge in [-0.1, -0.05) is 0 Å². The normalized spacial score (nSPS) is 14.6. The summed E-state index contributed by atoms with van der Waals surface area (Å²) in [5.74, 6) is 1.19. The summed E-state index contributed by atoms with van der Waals surface area (Å²) in [5, 5.41) is 8.15. The highest BCUT2D eigenvalue weighted by atomic mass is 16.1. The van der Waals surface area contributed by atoms with Crippen molar-refractivity contribution in [3.05, 3.63) is 60.8 Å². The highest BCUT2D eigenvalue weighted by molar-refractivity contribution is 6.04. The first-order chi connectivity index (χ1) is 16.5. The standard InChI is InChI=1S/C25H28N8O/c1-17(2)32-8-10-33(11-9-32)24-21(20-14-28-31(3)16-20)12-19-13-23(27-15-22(19)29-24)30-25(34)18-4-6-26-7-5-18/h4-7,12-17H,8-11H2,1-3H3,(H,27,30,34). The van der Waals surface area contributed by atoms with Crippen LogP contribution in [0.15, 0.2) is 55.2 Å². The average Bonchev–Trinajstić information content (AvgIpc) is 3.30. The second-order valence-electron chi connectivity index (χ2n) is 8.83. The highest BCUT2D eigenvalue weighted by Crippen LogP contribution is 2.33. The van der Waals surface area contributed by atoms with Gasteiger partial charge in [0.1, 0.15) is 11.6 Å². The number of carbonyl (C=O) groups is 1. The largest absolute Gasteiger partial charge is 0.354 e. The van der Waals surface area contributed by atoms with Crippen LogP contribution < -0.4 is 10.2 Å². The van der Waals surface area contributed by atoms with Crippen LogP contribution in [0, 0.1) is 0 Å². The molecule has 0 aromatic carbocycles. The third kappa shape index (κ3) is 4.47. The van der Waals surface area contributed by atoms with Crippen LogP contribution in [0.5, 0.6) is 0 Å². The minimum absolute atomic E-state index is 0.227. The minimum Gasteiger partial charge on any atom is -0.354 e. The van der Waals surface area contributed by atoms with Crippen molar-refractivity contribution >= 4 is 28.4 Å². The topological polar surface area (TPSA) is 92.1 Å². The molecule has 1 aliphatic rings. The third-order valence-electron chi connectivity index (χ3n) is 6.23. The molecule has 174 valence electrons. The van der Waals surface area contributed by atoms with E-state index in [-0.39, 0.29) is 5.91 Å². The number of aryl methyl sites for hydroxylation is 1. The van der Waals surface area contributed by atoms with Gasteiger partial charge in [0.2, 0.25) is 0 Å². The number of pyridine rings is 3. The van der Waals surface area contributed by atoms with Gasteiger partial charge < -0.3 is 10.2 Å². The molecule has 5 heterocycles. The van der Waals surface area contributed by atoms with Gasteiger partial charge in [0.15, 0.2) is 0 Å². The second kappa shape index (κ2) is 9.18. The summed E-state index contributed by atoms with van der Waals surface area (Å²) in [7, 11) is 1.91. The van der Waals surface area contributed by atoms with E-state index in [0.29, 0.717) is 17.4 Å². The SMILES string of the molecule is CC(C)N1CCN(c2nc3cnc(NC(=O)c4ccncc4)cc3cc2-c2cnn(C)c2)CC1. The number of anilines is 2. The molecule has 9 nitrogen and oxygen atoms in total. The summed E-state index contributed by atoms with van der Waals surface area (Å²) in [6.45, 7) is 8.31. The number of rotatable bonds is 5. The summed E-state index contributed by atoms with van der Waals surface area (Å²) in [4.78, 5) is 30.8. The Morgan fingerprint density at radius 3 is 2.50 bits per heavy atom. The number of nitrogens with zero attached hydrogens (tertiary/aromatic N) is 7. The number of nitrogens with one attached hydrogen (secondary N) is 1. The van der Waals surface area contributed by atoms with E-state index in [0.717, 1.165) is 54.0 Å². The maximum Gasteiger partial charge on any atom is 0.256 e. The Labute approximate surface area is 198 Å². The molecule has 0 bridgehead atoms. The van der Waals surface area contributed by atoms with Gasteiger partial charge in [-0.15, -0.1) is 0 Å². The fourth-order valence-corrected chi connectivity index (χ4v) is 4.29. The van der Waals surface area contributed by atoms with E-state index in [4.69, 9.17) is 4.98 Å². The lowest BCUT2D eigenvalue weighted by Gasteiger charge is -2.38. The lowest BCUT2D eigenvalue weighted by molar-refractivity contribution is 0.102. The molecular formula is C25H28N8O. The molecule has 4 aromatic rings. The predicted molar refractivity (Wildman–Crippen MR) is 133 cm³/mol. The summed E-state index contributed by atoms with van der Waals surface area (Å²) < 4.78 is 1.80. The van der Waals surface area contributed by atoms with Crippen molar-refractivity contribution < 1.29 is 4.79 Å². The van der Waals surface area contributed by atoms with Crippen molar-refractivity contribution in [3.8, 4) is 11.1 Å². The molecule has 0 saturated carbocycles. The Balaban J connectivity index is 1.50. The maximum absolute atomic E-state index is 12.6. The number of carbonyl (C=O) groups excluding carboxylic acids is 1. The first kappa shape index (κ1) is 22.0. The number of aromatic nitrogens is 5. The van der Waals surface area contributed by atoms with E-state index in [9.17, 15) is 4.79 Å². The summed E-state index contributed by atoms with van der Waals surface area (Å²) in [6, 6.07) is 7.86. The van der Waals surface area contributed by atoms with Gasteiger partial charge in [0, 0.05) is 79.9 Å². The van der Waals surface area contributed by atoms with Crippen LogP contribution in [0.2, 0.25) is 0 Å². The van der Waals surface area contributed by atoms with Crippen LogP contribution in [0.3, 0.4) is 0 Å². The van der Waals surface area contributed by atoms with E-state index >= 15 is 0 Å². The number of hydrogen-bond acceptors (Lipinski definition) is 7. The molecule has 1 fully saturated rings. The fourth-order valence-electron chi connectivity index (χ4n) is 4.29. The lowest BCUT2D eigenvalue weighted by Crippen LogP contribution is -2.49. The van der Waals surface area contributed by atoms with Crippen LogP contribution in [-0.4, -0.2) is 67.8 Å². The van der Waals surface area contributed by atoms with Crippen LogP contribution >= 0.6 is 0 Å². The highest BCUT2D eigenvalue weighted by Gasteiger charge is 2.23. The van der Waals surface area contributed by atoms with Crippen LogP contribution in [0.1, 0.15) is 24.2 Å². The molecule has 1 aliphatic heterocycles. The van der Waals surface area contributed by atoms with Crippen molar-refractivity contribution in [3.63, 3.8) is 0 Å². The second-order valence-corrected chi connectivity index (χ2v) is 8.83. The average molecular weight is 457 g/mol. The van der Waals surface area contributed by atoms with E-state index in [1.165, 1.54) is 0 Å². The van der Waals surface area contributed by atoms with Gasteiger partial charge in [-0.05, 0) is 38.1 Å². The molecule has 0 atom stereocenters. The Morgan fingerprint density at radius 1 is 1.06 bits per heavy atom. The molecule has 1 N–H and O–H groups in total. The van der Waals surface area contributed by atoms with Crippen molar-refractivity contribution in [2.45, 2.75) is 19.9 Å². The van der Waals surface area contributed by atoms with E-state index in [2.05, 4.69) is 50.1 Å². The zero-order valence-electron chi connectivity index (χ0n) is 19.6. The first-order valence-electron chi connectivity index (χ1n) is 11.5. The van der Waals surface area contributed by atoms with Gasteiger partial charge >= 0.3 is 0 Å². The molecular weight excluding hydrogens is 428 g/mol. The van der Waals surface area contributed by atoms with Crippen molar-refractivity contribution in [1.29, 1.82) is 0 Å². The van der Waals surface area contributed by atoms with Crippen LogP contribution in [-0.2, 0) is 7.05 Å². The molecule has 5 rings (SSSR count). The van der Waals surface area contributed by atoms with E-state index in [1.807, 2.05) is 25.5 Å². The Bertz CT molecular complexity index is 1310. The van der Waals surface area contributed by atoms with E-state index in [1.54, 1.807) is 35.4 Å². The number of piperazine rings is 1. The number of fused-ring (bicyclic) bond motifs is 1. The fraction of sp³-hybridized carbons (Fsp3) is 0.320. The van der Waals surface area contributed by atoms with Crippen molar-refractivity contribution in [2.75, 3.05) is 36.4 Å².